The first-order valence-electron chi connectivity index (χ1n) is 6.38. The molecule has 0 spiro atoms. The standard InChI is InChI=1S/C13H26O3/c1-5-6-7-8-9-13(14)10-11(15-4)16-12(13,2)3/h11,14H,5-10H2,1-4H3. The minimum Gasteiger partial charge on any atom is -0.387 e. The summed E-state index contributed by atoms with van der Waals surface area (Å²) in [4.78, 5) is 0. The van der Waals surface area contributed by atoms with Crippen LogP contribution in [0.15, 0.2) is 0 Å². The van der Waals surface area contributed by atoms with Crippen LogP contribution < -0.4 is 0 Å². The van der Waals surface area contributed by atoms with Crippen LogP contribution in [-0.2, 0) is 9.47 Å². The second-order valence-corrected chi connectivity index (χ2v) is 5.34. The van der Waals surface area contributed by atoms with Gasteiger partial charge in [-0.05, 0) is 20.3 Å². The van der Waals surface area contributed by atoms with Crippen molar-refractivity contribution in [2.24, 2.45) is 0 Å². The number of hydrogen-bond donors (Lipinski definition) is 1. The first kappa shape index (κ1) is 13.9. The first-order chi connectivity index (χ1) is 7.45. The number of unbranched alkanes of at least 4 members (excludes halogenated alkanes) is 3. The van der Waals surface area contributed by atoms with Gasteiger partial charge in [0.05, 0.1) is 11.2 Å². The Morgan fingerprint density at radius 3 is 2.50 bits per heavy atom. The topological polar surface area (TPSA) is 38.7 Å². The fraction of sp³-hybridized carbons (Fsp3) is 1.00. The van der Waals surface area contributed by atoms with Crippen LogP contribution in [-0.4, -0.2) is 29.7 Å². The summed E-state index contributed by atoms with van der Waals surface area (Å²) in [5, 5.41) is 10.6. The zero-order valence-corrected chi connectivity index (χ0v) is 11.1. The van der Waals surface area contributed by atoms with Gasteiger partial charge in [-0.2, -0.15) is 0 Å². The van der Waals surface area contributed by atoms with Crippen molar-refractivity contribution < 1.29 is 14.6 Å². The highest BCUT2D eigenvalue weighted by Crippen LogP contribution is 2.42. The molecule has 1 rings (SSSR count). The van der Waals surface area contributed by atoms with Crippen molar-refractivity contribution in [2.75, 3.05) is 7.11 Å². The largest absolute Gasteiger partial charge is 0.387 e. The summed E-state index contributed by atoms with van der Waals surface area (Å²) in [6.07, 6.45) is 5.85. The highest BCUT2D eigenvalue weighted by Gasteiger charge is 2.52. The molecule has 0 aromatic carbocycles. The van der Waals surface area contributed by atoms with E-state index < -0.39 is 11.2 Å². The molecule has 1 fully saturated rings. The number of hydrogen-bond acceptors (Lipinski definition) is 3. The molecule has 0 bridgehead atoms. The molecule has 2 atom stereocenters. The lowest BCUT2D eigenvalue weighted by atomic mass is 9.81. The number of aliphatic hydroxyl groups is 1. The van der Waals surface area contributed by atoms with Gasteiger partial charge in [0.2, 0.25) is 0 Å². The minimum absolute atomic E-state index is 0.258. The number of ether oxygens (including phenoxy) is 2. The fourth-order valence-electron chi connectivity index (χ4n) is 2.38. The third-order valence-corrected chi connectivity index (χ3v) is 3.76. The smallest absolute Gasteiger partial charge is 0.160 e. The Labute approximate surface area is 99.1 Å². The summed E-state index contributed by atoms with van der Waals surface area (Å²) in [6, 6.07) is 0. The zero-order chi connectivity index (χ0) is 12.2. The molecular weight excluding hydrogens is 204 g/mol. The maximum Gasteiger partial charge on any atom is 0.160 e. The second-order valence-electron chi connectivity index (χ2n) is 5.34. The molecule has 2 unspecified atom stereocenters. The summed E-state index contributed by atoms with van der Waals surface area (Å²) >= 11 is 0. The maximum absolute atomic E-state index is 10.6. The summed E-state index contributed by atoms with van der Waals surface area (Å²) in [5.74, 6) is 0. The summed E-state index contributed by atoms with van der Waals surface area (Å²) in [7, 11) is 1.63. The molecule has 1 N–H and O–H groups in total. The molecule has 16 heavy (non-hydrogen) atoms. The Balaban J connectivity index is 2.48. The van der Waals surface area contributed by atoms with Gasteiger partial charge in [-0.1, -0.05) is 32.6 Å². The molecule has 3 heteroatoms. The second kappa shape index (κ2) is 5.48. The van der Waals surface area contributed by atoms with Gasteiger partial charge >= 0.3 is 0 Å². The van der Waals surface area contributed by atoms with Gasteiger partial charge in [-0.25, -0.2) is 0 Å². The highest BCUT2D eigenvalue weighted by molar-refractivity contribution is 5.00. The van der Waals surface area contributed by atoms with Crippen LogP contribution in [0.2, 0.25) is 0 Å². The van der Waals surface area contributed by atoms with Gasteiger partial charge in [0.25, 0.3) is 0 Å². The highest BCUT2D eigenvalue weighted by atomic mass is 16.7. The molecule has 0 aliphatic carbocycles. The van der Waals surface area contributed by atoms with Crippen molar-refractivity contribution in [3.63, 3.8) is 0 Å². The van der Waals surface area contributed by atoms with Crippen molar-refractivity contribution in [1.82, 2.24) is 0 Å². The van der Waals surface area contributed by atoms with Gasteiger partial charge < -0.3 is 14.6 Å². The molecule has 3 nitrogen and oxygen atoms in total. The predicted octanol–water partition coefficient (Wildman–Crippen LogP) is 2.86. The lowest BCUT2D eigenvalue weighted by Gasteiger charge is -2.34. The molecule has 1 aliphatic heterocycles. The van der Waals surface area contributed by atoms with Crippen molar-refractivity contribution >= 4 is 0 Å². The van der Waals surface area contributed by atoms with Crippen molar-refractivity contribution in [2.45, 2.75) is 76.8 Å². The molecule has 96 valence electrons. The third kappa shape index (κ3) is 2.96. The van der Waals surface area contributed by atoms with Gasteiger partial charge in [0.15, 0.2) is 6.29 Å². The van der Waals surface area contributed by atoms with E-state index in [2.05, 4.69) is 6.92 Å². The van der Waals surface area contributed by atoms with Crippen molar-refractivity contribution in [3.8, 4) is 0 Å². The van der Waals surface area contributed by atoms with Crippen LogP contribution in [0.1, 0.15) is 59.3 Å². The Hall–Kier alpha value is -0.120. The predicted molar refractivity (Wildman–Crippen MR) is 64.3 cm³/mol. The van der Waals surface area contributed by atoms with E-state index in [0.717, 1.165) is 12.8 Å². The Morgan fingerprint density at radius 2 is 2.00 bits per heavy atom. The van der Waals surface area contributed by atoms with Crippen LogP contribution in [0.3, 0.4) is 0 Å². The van der Waals surface area contributed by atoms with E-state index in [0.29, 0.717) is 6.42 Å². The quantitative estimate of drug-likeness (QED) is 0.713. The van der Waals surface area contributed by atoms with Gasteiger partial charge in [-0.3, -0.25) is 0 Å². The number of methoxy groups -OCH3 is 1. The Kier molecular flexibility index (Phi) is 4.77. The van der Waals surface area contributed by atoms with E-state index >= 15 is 0 Å². The summed E-state index contributed by atoms with van der Waals surface area (Å²) in [6.45, 7) is 6.09. The van der Waals surface area contributed by atoms with Crippen LogP contribution in [0.5, 0.6) is 0 Å². The third-order valence-electron chi connectivity index (χ3n) is 3.76. The van der Waals surface area contributed by atoms with Gasteiger partial charge in [-0.15, -0.1) is 0 Å². The molecule has 0 aromatic rings. The van der Waals surface area contributed by atoms with Crippen LogP contribution >= 0.6 is 0 Å². The lowest BCUT2D eigenvalue weighted by molar-refractivity contribution is -0.165. The number of rotatable bonds is 6. The molecule has 0 saturated carbocycles. The van der Waals surface area contributed by atoms with E-state index in [-0.39, 0.29) is 6.29 Å². The summed E-state index contributed by atoms with van der Waals surface area (Å²) < 4.78 is 10.9. The first-order valence-corrected chi connectivity index (χ1v) is 6.38. The molecule has 1 aliphatic rings. The van der Waals surface area contributed by atoms with E-state index in [4.69, 9.17) is 9.47 Å². The van der Waals surface area contributed by atoms with Crippen molar-refractivity contribution in [3.05, 3.63) is 0 Å². The molecule has 0 radical (unpaired) electrons. The molecule has 1 heterocycles. The Morgan fingerprint density at radius 1 is 1.31 bits per heavy atom. The van der Waals surface area contributed by atoms with E-state index in [9.17, 15) is 5.11 Å². The van der Waals surface area contributed by atoms with Crippen LogP contribution in [0.25, 0.3) is 0 Å². The van der Waals surface area contributed by atoms with Crippen LogP contribution in [0.4, 0.5) is 0 Å². The van der Waals surface area contributed by atoms with Gasteiger partial charge in [0, 0.05) is 13.5 Å². The molecule has 0 aromatic heterocycles. The minimum atomic E-state index is -0.735. The Bertz CT molecular complexity index is 215. The van der Waals surface area contributed by atoms with E-state index in [1.54, 1.807) is 7.11 Å². The van der Waals surface area contributed by atoms with Crippen LogP contribution in [0, 0.1) is 0 Å². The fourth-order valence-corrected chi connectivity index (χ4v) is 2.38. The molecular formula is C13H26O3. The van der Waals surface area contributed by atoms with E-state index in [1.807, 2.05) is 13.8 Å². The SMILES string of the molecule is CCCCCCC1(O)CC(OC)OC1(C)C. The summed E-state index contributed by atoms with van der Waals surface area (Å²) in [5.41, 5.74) is -1.23. The molecule has 1 saturated heterocycles. The van der Waals surface area contributed by atoms with Gasteiger partial charge in [0.1, 0.15) is 0 Å². The zero-order valence-electron chi connectivity index (χ0n) is 11.1. The molecule has 0 amide bonds. The average Bonchev–Trinajstić information content (AvgIpc) is 2.45. The van der Waals surface area contributed by atoms with E-state index in [1.165, 1.54) is 19.3 Å². The van der Waals surface area contributed by atoms with Crippen molar-refractivity contribution in [1.29, 1.82) is 0 Å². The monoisotopic (exact) mass is 230 g/mol. The lowest BCUT2D eigenvalue weighted by Crippen LogP contribution is -2.46. The maximum atomic E-state index is 10.6. The normalized spacial score (nSPS) is 33.2. The average molecular weight is 230 g/mol.